The molecular formula is C62H40. The van der Waals surface area contributed by atoms with Gasteiger partial charge in [-0.2, -0.15) is 0 Å². The van der Waals surface area contributed by atoms with Gasteiger partial charge in [-0.3, -0.25) is 0 Å². The summed E-state index contributed by atoms with van der Waals surface area (Å²) in [6.45, 7) is 0. The predicted octanol–water partition coefficient (Wildman–Crippen LogP) is 17.5. The lowest BCUT2D eigenvalue weighted by atomic mass is 9.90. The van der Waals surface area contributed by atoms with Crippen LogP contribution in [0.1, 0.15) is 0 Å². The lowest BCUT2D eigenvalue weighted by Gasteiger charge is -2.14. The molecule has 12 aromatic rings. The first-order valence-corrected chi connectivity index (χ1v) is 21.5. The highest BCUT2D eigenvalue weighted by Crippen LogP contribution is 2.39. The molecule has 0 aliphatic heterocycles. The maximum absolute atomic E-state index is 2.37. The van der Waals surface area contributed by atoms with E-state index in [1.165, 1.54) is 121 Å². The average molecular weight is 785 g/mol. The molecule has 12 aromatic carbocycles. The van der Waals surface area contributed by atoms with Crippen LogP contribution < -0.4 is 0 Å². The van der Waals surface area contributed by atoms with Gasteiger partial charge in [-0.1, -0.05) is 170 Å². The molecule has 0 amide bonds. The van der Waals surface area contributed by atoms with Crippen molar-refractivity contribution in [3.8, 4) is 66.8 Å². The van der Waals surface area contributed by atoms with E-state index in [2.05, 4.69) is 243 Å². The first kappa shape index (κ1) is 35.8. The minimum atomic E-state index is 1.20. The Labute approximate surface area is 361 Å². The molecule has 0 N–H and O–H groups in total. The molecule has 62 heavy (non-hydrogen) atoms. The fraction of sp³-hybridized carbons (Fsp3) is 0. The zero-order valence-corrected chi connectivity index (χ0v) is 34.1. The van der Waals surface area contributed by atoms with E-state index in [0.717, 1.165) is 0 Å². The van der Waals surface area contributed by atoms with Gasteiger partial charge in [0, 0.05) is 0 Å². The van der Waals surface area contributed by atoms with Crippen LogP contribution in [0, 0.1) is 0 Å². The average Bonchev–Trinajstić information content (AvgIpc) is 3.35. The Morgan fingerprint density at radius 3 is 0.516 bits per heavy atom. The molecule has 0 aliphatic rings. The highest BCUT2D eigenvalue weighted by atomic mass is 14.2. The lowest BCUT2D eigenvalue weighted by Crippen LogP contribution is -1.88. The molecule has 288 valence electrons. The van der Waals surface area contributed by atoms with E-state index in [-0.39, 0.29) is 0 Å². The van der Waals surface area contributed by atoms with Crippen LogP contribution in [0.5, 0.6) is 0 Å². The molecule has 0 aliphatic carbocycles. The van der Waals surface area contributed by atoms with Crippen LogP contribution >= 0.6 is 0 Å². The van der Waals surface area contributed by atoms with Gasteiger partial charge in [0.2, 0.25) is 0 Å². The summed E-state index contributed by atoms with van der Waals surface area (Å²) in [5, 5.41) is 12.4. The number of hydrogen-bond acceptors (Lipinski definition) is 0. The van der Waals surface area contributed by atoms with Gasteiger partial charge in [-0.25, -0.2) is 0 Å². The zero-order valence-electron chi connectivity index (χ0n) is 34.1. The van der Waals surface area contributed by atoms with Crippen LogP contribution in [-0.2, 0) is 0 Å². The number of hydrogen-bond donors (Lipinski definition) is 0. The fourth-order valence-electron chi connectivity index (χ4n) is 9.34. The van der Waals surface area contributed by atoms with Gasteiger partial charge in [0.25, 0.3) is 0 Å². The Hall–Kier alpha value is -8.06. The van der Waals surface area contributed by atoms with Crippen LogP contribution in [-0.4, -0.2) is 0 Å². The number of fused-ring (bicyclic) bond motifs is 5. The first-order valence-electron chi connectivity index (χ1n) is 21.5. The molecule has 0 fully saturated rings. The molecule has 0 atom stereocenters. The van der Waals surface area contributed by atoms with Crippen LogP contribution in [0.4, 0.5) is 0 Å². The molecule has 0 radical (unpaired) electrons. The normalized spacial score (nSPS) is 11.5. The van der Waals surface area contributed by atoms with E-state index in [4.69, 9.17) is 0 Å². The van der Waals surface area contributed by atoms with E-state index in [1.807, 2.05) is 0 Å². The van der Waals surface area contributed by atoms with Gasteiger partial charge in [0.05, 0.1) is 0 Å². The Balaban J connectivity index is 0.998. The van der Waals surface area contributed by atoms with Crippen LogP contribution in [0.3, 0.4) is 0 Å². The van der Waals surface area contributed by atoms with Crippen molar-refractivity contribution in [3.05, 3.63) is 243 Å². The van der Waals surface area contributed by atoms with Crippen molar-refractivity contribution in [1.82, 2.24) is 0 Å². The van der Waals surface area contributed by atoms with Crippen molar-refractivity contribution in [2.45, 2.75) is 0 Å². The molecule has 0 aromatic heterocycles. The Bertz CT molecular complexity index is 3260. The second-order valence-corrected chi connectivity index (χ2v) is 16.6. The van der Waals surface area contributed by atoms with Crippen molar-refractivity contribution in [3.63, 3.8) is 0 Å². The van der Waals surface area contributed by atoms with Crippen molar-refractivity contribution >= 4 is 53.9 Å². The second-order valence-electron chi connectivity index (χ2n) is 16.6. The third-order valence-corrected chi connectivity index (χ3v) is 12.7. The summed E-state index contributed by atoms with van der Waals surface area (Å²) in [5.74, 6) is 0. The van der Waals surface area contributed by atoms with Crippen molar-refractivity contribution in [2.75, 3.05) is 0 Å². The Morgan fingerprint density at radius 2 is 0.290 bits per heavy atom. The molecule has 0 spiro atoms. The molecule has 0 bridgehead atoms. The van der Waals surface area contributed by atoms with E-state index in [0.29, 0.717) is 0 Å². The zero-order chi connectivity index (χ0) is 41.0. The molecule has 12 rings (SSSR count). The van der Waals surface area contributed by atoms with Gasteiger partial charge >= 0.3 is 0 Å². The monoisotopic (exact) mass is 784 g/mol. The smallest absolute Gasteiger partial charge is 0.0171 e. The lowest BCUT2D eigenvalue weighted by molar-refractivity contribution is 1.58. The van der Waals surface area contributed by atoms with Gasteiger partial charge in [-0.15, -0.1) is 0 Å². The molecule has 0 saturated heterocycles. The van der Waals surface area contributed by atoms with Crippen molar-refractivity contribution in [2.24, 2.45) is 0 Å². The maximum atomic E-state index is 2.37. The Morgan fingerprint density at radius 1 is 0.113 bits per heavy atom. The summed E-state index contributed by atoms with van der Waals surface area (Å²) >= 11 is 0. The van der Waals surface area contributed by atoms with Crippen LogP contribution in [0.15, 0.2) is 243 Å². The maximum Gasteiger partial charge on any atom is -0.0171 e. The molecule has 0 heterocycles. The minimum Gasteiger partial charge on any atom is -0.0616 e. The summed E-state index contributed by atoms with van der Waals surface area (Å²) in [5.41, 5.74) is 14.5. The topological polar surface area (TPSA) is 0 Å². The summed E-state index contributed by atoms with van der Waals surface area (Å²) < 4.78 is 0. The molecule has 0 saturated carbocycles. The Kier molecular flexibility index (Phi) is 8.61. The largest absolute Gasteiger partial charge is 0.0616 e. The molecule has 0 nitrogen and oxygen atoms in total. The third-order valence-electron chi connectivity index (χ3n) is 12.7. The summed E-state index contributed by atoms with van der Waals surface area (Å²) in [4.78, 5) is 0. The van der Waals surface area contributed by atoms with E-state index in [9.17, 15) is 0 Å². The number of benzene rings is 12. The standard InChI is InChI=1S/C62H40/c1-5-13-46-29-50(23-17-41(46)9-1)57-35-58(51-24-18-42-10-2-6-14-47(42)30-51)38-61(37-57)54-27-21-45-22-28-55(34-56(45)33-54)62-39-59(52-25-19-43-11-3-7-15-48(43)31-52)36-60(40-62)53-26-20-44-12-4-8-16-49(44)32-53/h1-40H. The van der Waals surface area contributed by atoms with E-state index < -0.39 is 0 Å². The summed E-state index contributed by atoms with van der Waals surface area (Å²) in [6.07, 6.45) is 0. The second kappa shape index (κ2) is 14.9. The highest BCUT2D eigenvalue weighted by molar-refractivity contribution is 5.97. The van der Waals surface area contributed by atoms with Crippen molar-refractivity contribution in [1.29, 1.82) is 0 Å². The van der Waals surface area contributed by atoms with Gasteiger partial charge < -0.3 is 0 Å². The fourth-order valence-corrected chi connectivity index (χ4v) is 9.34. The van der Waals surface area contributed by atoms with E-state index in [1.54, 1.807) is 0 Å². The molecule has 0 unspecified atom stereocenters. The quantitative estimate of drug-likeness (QED) is 0.158. The molecular weight excluding hydrogens is 745 g/mol. The predicted molar refractivity (Wildman–Crippen MR) is 267 cm³/mol. The van der Waals surface area contributed by atoms with Crippen LogP contribution in [0.2, 0.25) is 0 Å². The van der Waals surface area contributed by atoms with E-state index >= 15 is 0 Å². The van der Waals surface area contributed by atoms with Gasteiger partial charge in [-0.05, 0) is 193 Å². The number of rotatable bonds is 6. The summed E-state index contributed by atoms with van der Waals surface area (Å²) in [6, 6.07) is 89.8. The van der Waals surface area contributed by atoms with Gasteiger partial charge in [0.15, 0.2) is 0 Å². The van der Waals surface area contributed by atoms with Crippen LogP contribution in [0.25, 0.3) is 121 Å². The minimum absolute atomic E-state index is 1.20. The summed E-state index contributed by atoms with van der Waals surface area (Å²) in [7, 11) is 0. The van der Waals surface area contributed by atoms with Crippen molar-refractivity contribution < 1.29 is 0 Å². The first-order chi connectivity index (χ1) is 30.6. The molecule has 0 heteroatoms. The highest BCUT2D eigenvalue weighted by Gasteiger charge is 2.13. The third kappa shape index (κ3) is 6.69. The SMILES string of the molecule is c1ccc2cc(-c3cc(-c4ccc5ccccc5c4)cc(-c4ccc5ccc(-c6cc(-c7ccc8ccccc8c7)cc(-c7ccc8ccccc8c7)c6)cc5c4)c3)ccc2c1. The van der Waals surface area contributed by atoms with Gasteiger partial charge in [0.1, 0.15) is 0 Å².